The Hall–Kier alpha value is -1.63. The van der Waals surface area contributed by atoms with Crippen LogP contribution in [-0.2, 0) is 4.79 Å². The molecule has 0 spiro atoms. The zero-order valence-corrected chi connectivity index (χ0v) is 13.0. The predicted molar refractivity (Wildman–Crippen MR) is 79.9 cm³/mol. The van der Waals surface area contributed by atoms with E-state index in [2.05, 4.69) is 20.3 Å². The number of hydrogen-bond donors (Lipinski definition) is 2. The Morgan fingerprint density at radius 3 is 2.40 bits per heavy atom. The van der Waals surface area contributed by atoms with Gasteiger partial charge in [-0.25, -0.2) is 0 Å². The molecule has 0 fully saturated rings. The lowest BCUT2D eigenvalue weighted by Gasteiger charge is -2.22. The van der Waals surface area contributed by atoms with E-state index in [-0.39, 0.29) is 5.28 Å². The lowest BCUT2D eigenvalue weighted by Crippen LogP contribution is -2.37. The van der Waals surface area contributed by atoms with Crippen molar-refractivity contribution in [2.24, 2.45) is 11.1 Å². The Kier molecular flexibility index (Phi) is 5.50. The minimum Gasteiger partial charge on any atom is -0.369 e. The van der Waals surface area contributed by atoms with E-state index < -0.39 is 11.3 Å². The number of nitrogens with one attached hydrogen (secondary N) is 1. The van der Waals surface area contributed by atoms with Crippen molar-refractivity contribution in [3.63, 3.8) is 0 Å². The van der Waals surface area contributed by atoms with Crippen molar-refractivity contribution in [1.29, 1.82) is 0 Å². The second kappa shape index (κ2) is 6.69. The molecule has 0 saturated carbocycles. The van der Waals surface area contributed by atoms with Crippen molar-refractivity contribution in [3.05, 3.63) is 5.28 Å². The fourth-order valence-electron chi connectivity index (χ4n) is 1.45. The number of carbonyl (C=O) groups is 1. The number of halogens is 1. The van der Waals surface area contributed by atoms with Crippen LogP contribution in [0, 0.1) is 5.41 Å². The minimum atomic E-state index is -0.700. The van der Waals surface area contributed by atoms with Gasteiger partial charge in [0.05, 0.1) is 5.41 Å². The van der Waals surface area contributed by atoms with Crippen LogP contribution in [0.5, 0.6) is 0 Å². The van der Waals surface area contributed by atoms with E-state index in [0.29, 0.717) is 18.4 Å². The molecular formula is C12H21ClN6O. The second-order valence-electron chi connectivity index (χ2n) is 5.00. The van der Waals surface area contributed by atoms with Crippen LogP contribution >= 0.6 is 11.6 Å². The Balaban J connectivity index is 2.89. The van der Waals surface area contributed by atoms with Gasteiger partial charge >= 0.3 is 0 Å². The molecule has 112 valence electrons. The monoisotopic (exact) mass is 300 g/mol. The van der Waals surface area contributed by atoms with Crippen molar-refractivity contribution in [1.82, 2.24) is 15.0 Å². The minimum absolute atomic E-state index is 0.112. The summed E-state index contributed by atoms with van der Waals surface area (Å²) in [6, 6.07) is 0. The number of aromatic nitrogens is 3. The summed E-state index contributed by atoms with van der Waals surface area (Å²) in [5, 5.41) is 3.09. The van der Waals surface area contributed by atoms with Gasteiger partial charge < -0.3 is 16.0 Å². The summed E-state index contributed by atoms with van der Waals surface area (Å²) in [6.45, 7) is 9.36. The first kappa shape index (κ1) is 16.4. The van der Waals surface area contributed by atoms with Crippen LogP contribution in [0.15, 0.2) is 0 Å². The van der Waals surface area contributed by atoms with E-state index >= 15 is 0 Å². The van der Waals surface area contributed by atoms with Gasteiger partial charge in [0, 0.05) is 19.6 Å². The Bertz CT molecular complexity index is 475. The molecule has 20 heavy (non-hydrogen) atoms. The van der Waals surface area contributed by atoms with Crippen molar-refractivity contribution in [2.75, 3.05) is 29.9 Å². The number of rotatable bonds is 7. The highest BCUT2D eigenvalue weighted by molar-refractivity contribution is 6.28. The van der Waals surface area contributed by atoms with Gasteiger partial charge in [0.1, 0.15) is 0 Å². The molecule has 0 aliphatic rings. The first-order valence-electron chi connectivity index (χ1n) is 6.50. The summed E-state index contributed by atoms with van der Waals surface area (Å²) in [7, 11) is 0. The summed E-state index contributed by atoms with van der Waals surface area (Å²) < 4.78 is 0. The summed E-state index contributed by atoms with van der Waals surface area (Å²) in [5.41, 5.74) is 4.62. The summed E-state index contributed by atoms with van der Waals surface area (Å²) in [5.74, 6) is 0.449. The maximum absolute atomic E-state index is 11.3. The number of nitrogens with zero attached hydrogens (tertiary/aromatic N) is 4. The zero-order chi connectivity index (χ0) is 15.3. The molecule has 3 N–H and O–H groups in total. The number of primary amides is 1. The van der Waals surface area contributed by atoms with Gasteiger partial charge in [0.15, 0.2) is 0 Å². The first-order chi connectivity index (χ1) is 9.30. The number of nitrogens with two attached hydrogens (primary N) is 1. The molecule has 1 amide bonds. The van der Waals surface area contributed by atoms with Crippen molar-refractivity contribution >= 4 is 29.4 Å². The summed E-state index contributed by atoms with van der Waals surface area (Å²) in [6.07, 6.45) is 0. The maximum Gasteiger partial charge on any atom is 0.231 e. The Labute approximate surface area is 123 Å². The largest absolute Gasteiger partial charge is 0.369 e. The number of anilines is 2. The van der Waals surface area contributed by atoms with Gasteiger partial charge in [-0.05, 0) is 39.3 Å². The third kappa shape index (κ3) is 4.19. The predicted octanol–water partition coefficient (Wildman–Crippen LogP) is 1.29. The topological polar surface area (TPSA) is 97.0 Å². The fourth-order valence-corrected chi connectivity index (χ4v) is 1.61. The summed E-state index contributed by atoms with van der Waals surface area (Å²) >= 11 is 5.90. The molecule has 0 aliphatic carbocycles. The van der Waals surface area contributed by atoms with Crippen LogP contribution in [-0.4, -0.2) is 40.5 Å². The van der Waals surface area contributed by atoms with Gasteiger partial charge in [-0.1, -0.05) is 0 Å². The van der Waals surface area contributed by atoms with Gasteiger partial charge in [-0.2, -0.15) is 15.0 Å². The van der Waals surface area contributed by atoms with E-state index in [1.165, 1.54) is 0 Å². The fraction of sp³-hybridized carbons (Fsp3) is 0.667. The van der Waals surface area contributed by atoms with Crippen LogP contribution in [0.2, 0.25) is 5.28 Å². The molecule has 8 heteroatoms. The highest BCUT2D eigenvalue weighted by Crippen LogP contribution is 2.17. The Morgan fingerprint density at radius 2 is 1.90 bits per heavy atom. The normalized spacial score (nSPS) is 11.2. The van der Waals surface area contributed by atoms with E-state index in [1.807, 2.05) is 18.7 Å². The van der Waals surface area contributed by atoms with Crippen molar-refractivity contribution < 1.29 is 4.79 Å². The standard InChI is InChI=1S/C12H21ClN6O/c1-5-19(6-2)11-17-9(13)16-10(18-11)15-7-12(3,4)8(14)20/h5-7H2,1-4H3,(H2,14,20)(H,15,16,17,18). The highest BCUT2D eigenvalue weighted by atomic mass is 35.5. The second-order valence-corrected chi connectivity index (χ2v) is 5.34. The average Bonchev–Trinajstić information content (AvgIpc) is 2.37. The number of carbonyl (C=O) groups excluding carboxylic acids is 1. The molecule has 1 aromatic heterocycles. The molecule has 0 unspecified atom stereocenters. The average molecular weight is 301 g/mol. The molecule has 0 aliphatic heterocycles. The van der Waals surface area contributed by atoms with Crippen molar-refractivity contribution in [3.8, 4) is 0 Å². The SMILES string of the molecule is CCN(CC)c1nc(Cl)nc(NCC(C)(C)C(N)=O)n1. The van der Waals surface area contributed by atoms with Crippen LogP contribution in [0.25, 0.3) is 0 Å². The molecule has 0 radical (unpaired) electrons. The van der Waals surface area contributed by atoms with E-state index in [0.717, 1.165) is 13.1 Å². The zero-order valence-electron chi connectivity index (χ0n) is 12.3. The van der Waals surface area contributed by atoms with E-state index in [1.54, 1.807) is 13.8 Å². The molecule has 0 aromatic carbocycles. The maximum atomic E-state index is 11.3. The molecular weight excluding hydrogens is 280 g/mol. The Morgan fingerprint density at radius 1 is 1.30 bits per heavy atom. The molecule has 1 rings (SSSR count). The van der Waals surface area contributed by atoms with Crippen LogP contribution in [0.4, 0.5) is 11.9 Å². The van der Waals surface area contributed by atoms with Gasteiger partial charge in [0.25, 0.3) is 0 Å². The molecule has 7 nitrogen and oxygen atoms in total. The van der Waals surface area contributed by atoms with E-state index in [9.17, 15) is 4.79 Å². The lowest BCUT2D eigenvalue weighted by atomic mass is 9.93. The molecule has 0 saturated heterocycles. The highest BCUT2D eigenvalue weighted by Gasteiger charge is 2.25. The molecule has 1 heterocycles. The van der Waals surface area contributed by atoms with Gasteiger partial charge in [-0.3, -0.25) is 4.79 Å². The number of hydrogen-bond acceptors (Lipinski definition) is 6. The molecule has 0 atom stereocenters. The first-order valence-corrected chi connectivity index (χ1v) is 6.88. The van der Waals surface area contributed by atoms with Crippen LogP contribution in [0.1, 0.15) is 27.7 Å². The lowest BCUT2D eigenvalue weighted by molar-refractivity contribution is -0.125. The molecule has 0 bridgehead atoms. The van der Waals surface area contributed by atoms with Crippen LogP contribution in [0.3, 0.4) is 0 Å². The third-order valence-electron chi connectivity index (χ3n) is 3.00. The van der Waals surface area contributed by atoms with Crippen molar-refractivity contribution in [2.45, 2.75) is 27.7 Å². The molecule has 1 aromatic rings. The number of amides is 1. The van der Waals surface area contributed by atoms with E-state index in [4.69, 9.17) is 17.3 Å². The van der Waals surface area contributed by atoms with Gasteiger partial charge in [-0.15, -0.1) is 0 Å². The van der Waals surface area contributed by atoms with Gasteiger partial charge in [0.2, 0.25) is 23.1 Å². The quantitative estimate of drug-likeness (QED) is 0.787. The van der Waals surface area contributed by atoms with Crippen LogP contribution < -0.4 is 16.0 Å². The smallest absolute Gasteiger partial charge is 0.231 e. The summed E-state index contributed by atoms with van der Waals surface area (Å²) in [4.78, 5) is 25.6. The third-order valence-corrected chi connectivity index (χ3v) is 3.17.